The number of piperidine rings is 1. The third kappa shape index (κ3) is 4.05. The molecule has 0 bridgehead atoms. The third-order valence-corrected chi connectivity index (χ3v) is 4.73. The number of carbonyl (C=O) groups is 2. The molecular formula is C15H19Cl2N3O2. The van der Waals surface area contributed by atoms with Crippen molar-refractivity contribution < 1.29 is 9.59 Å². The lowest BCUT2D eigenvalue weighted by Crippen LogP contribution is -2.48. The van der Waals surface area contributed by atoms with E-state index in [0.717, 1.165) is 5.56 Å². The molecule has 0 aromatic heterocycles. The van der Waals surface area contributed by atoms with Gasteiger partial charge in [0.05, 0.1) is 16.0 Å². The topological polar surface area (TPSA) is 75.4 Å². The van der Waals surface area contributed by atoms with Crippen molar-refractivity contribution >= 4 is 35.1 Å². The molecule has 1 heterocycles. The van der Waals surface area contributed by atoms with Crippen molar-refractivity contribution in [2.75, 3.05) is 13.1 Å². The molecule has 22 heavy (non-hydrogen) atoms. The van der Waals surface area contributed by atoms with Gasteiger partial charge in [-0.3, -0.25) is 4.79 Å². The van der Waals surface area contributed by atoms with E-state index in [1.807, 2.05) is 6.92 Å². The van der Waals surface area contributed by atoms with Crippen molar-refractivity contribution in [2.24, 2.45) is 5.73 Å². The first kappa shape index (κ1) is 16.9. The molecular weight excluding hydrogens is 325 g/mol. The Balaban J connectivity index is 1.92. The van der Waals surface area contributed by atoms with Crippen molar-refractivity contribution in [3.63, 3.8) is 0 Å². The van der Waals surface area contributed by atoms with Crippen molar-refractivity contribution in [2.45, 2.75) is 31.7 Å². The van der Waals surface area contributed by atoms with Crippen LogP contribution in [0.4, 0.5) is 4.79 Å². The predicted molar refractivity (Wildman–Crippen MR) is 87.2 cm³/mol. The minimum atomic E-state index is -0.408. The molecule has 0 saturated carbocycles. The highest BCUT2D eigenvalue weighted by Gasteiger charge is 2.24. The van der Waals surface area contributed by atoms with E-state index in [1.54, 1.807) is 23.1 Å². The van der Waals surface area contributed by atoms with Crippen LogP contribution in [0.2, 0.25) is 10.0 Å². The van der Waals surface area contributed by atoms with Gasteiger partial charge >= 0.3 is 6.03 Å². The summed E-state index contributed by atoms with van der Waals surface area (Å²) in [7, 11) is 0. The molecule has 1 fully saturated rings. The Hall–Kier alpha value is -1.46. The van der Waals surface area contributed by atoms with Gasteiger partial charge in [-0.05, 0) is 37.5 Å². The molecule has 0 aliphatic carbocycles. The number of benzene rings is 1. The number of nitrogens with one attached hydrogen (secondary N) is 1. The fourth-order valence-electron chi connectivity index (χ4n) is 2.50. The van der Waals surface area contributed by atoms with E-state index in [2.05, 4.69) is 5.32 Å². The number of amides is 3. The fraction of sp³-hybridized carbons (Fsp3) is 0.467. The molecule has 7 heteroatoms. The van der Waals surface area contributed by atoms with E-state index >= 15 is 0 Å². The van der Waals surface area contributed by atoms with Gasteiger partial charge in [-0.2, -0.15) is 0 Å². The van der Waals surface area contributed by atoms with Gasteiger partial charge in [-0.15, -0.1) is 0 Å². The quantitative estimate of drug-likeness (QED) is 0.885. The predicted octanol–water partition coefficient (Wildman–Crippen LogP) is 2.76. The third-order valence-electron chi connectivity index (χ3n) is 3.99. The summed E-state index contributed by atoms with van der Waals surface area (Å²) < 4.78 is 0. The summed E-state index contributed by atoms with van der Waals surface area (Å²) >= 11 is 11.9. The molecule has 1 unspecified atom stereocenters. The highest BCUT2D eigenvalue weighted by atomic mass is 35.5. The van der Waals surface area contributed by atoms with Crippen LogP contribution in [0, 0.1) is 0 Å². The van der Waals surface area contributed by atoms with Crippen molar-refractivity contribution in [1.82, 2.24) is 10.2 Å². The number of rotatable bonds is 3. The Kier molecular flexibility index (Phi) is 5.53. The Morgan fingerprint density at radius 1 is 1.27 bits per heavy atom. The van der Waals surface area contributed by atoms with Gasteiger partial charge in [0, 0.05) is 19.1 Å². The minimum Gasteiger partial charge on any atom is -0.353 e. The average Bonchev–Trinajstić information content (AvgIpc) is 2.49. The number of hydrogen-bond donors (Lipinski definition) is 2. The van der Waals surface area contributed by atoms with Gasteiger partial charge < -0.3 is 16.0 Å². The molecule has 1 saturated heterocycles. The Bertz CT molecular complexity index is 572. The number of likely N-dealkylation sites (tertiary alicyclic amines) is 1. The van der Waals surface area contributed by atoms with Crippen LogP contribution < -0.4 is 11.1 Å². The second-order valence-electron chi connectivity index (χ2n) is 5.50. The Morgan fingerprint density at radius 3 is 2.45 bits per heavy atom. The average molecular weight is 344 g/mol. The monoisotopic (exact) mass is 343 g/mol. The highest BCUT2D eigenvalue weighted by Crippen LogP contribution is 2.26. The first-order valence-electron chi connectivity index (χ1n) is 7.18. The fourth-order valence-corrected chi connectivity index (χ4v) is 2.81. The lowest BCUT2D eigenvalue weighted by atomic mass is 9.98. The summed E-state index contributed by atoms with van der Waals surface area (Å²) in [6, 6.07) is 4.86. The molecule has 1 aliphatic heterocycles. The number of hydrogen-bond acceptors (Lipinski definition) is 2. The van der Waals surface area contributed by atoms with E-state index < -0.39 is 6.03 Å². The normalized spacial score (nSPS) is 17.1. The molecule has 1 aromatic carbocycles. The van der Waals surface area contributed by atoms with Crippen molar-refractivity contribution in [3.05, 3.63) is 33.8 Å². The van der Waals surface area contributed by atoms with Gasteiger partial charge in [0.15, 0.2) is 0 Å². The number of nitrogens with zero attached hydrogens (tertiary/aromatic N) is 1. The van der Waals surface area contributed by atoms with E-state index in [0.29, 0.717) is 36.0 Å². The lowest BCUT2D eigenvalue weighted by Gasteiger charge is -2.31. The molecule has 1 aromatic rings. The summed E-state index contributed by atoms with van der Waals surface area (Å²) in [6.07, 6.45) is 1.42. The SMILES string of the molecule is CC(C(=O)NC1CCN(C(N)=O)CC1)c1ccc(Cl)c(Cl)c1. The van der Waals surface area contributed by atoms with E-state index in [9.17, 15) is 9.59 Å². The number of carbonyl (C=O) groups excluding carboxylic acids is 2. The second kappa shape index (κ2) is 7.20. The van der Waals surface area contributed by atoms with Gasteiger partial charge in [0.1, 0.15) is 0 Å². The standard InChI is InChI=1S/C15H19Cl2N3O2/c1-9(10-2-3-12(16)13(17)8-10)14(21)19-11-4-6-20(7-5-11)15(18)22/h2-3,8-9,11H,4-7H2,1H3,(H2,18,22)(H,19,21). The lowest BCUT2D eigenvalue weighted by molar-refractivity contribution is -0.123. The van der Waals surface area contributed by atoms with E-state index in [-0.39, 0.29) is 17.9 Å². The van der Waals surface area contributed by atoms with Gasteiger partial charge in [0.2, 0.25) is 5.91 Å². The summed E-state index contributed by atoms with van der Waals surface area (Å²) in [4.78, 5) is 25.0. The molecule has 1 atom stereocenters. The maximum absolute atomic E-state index is 12.3. The highest BCUT2D eigenvalue weighted by molar-refractivity contribution is 6.42. The van der Waals surface area contributed by atoms with Gasteiger partial charge in [-0.1, -0.05) is 29.3 Å². The number of nitrogens with two attached hydrogens (primary N) is 1. The van der Waals surface area contributed by atoms with Crippen LogP contribution >= 0.6 is 23.2 Å². The van der Waals surface area contributed by atoms with Crippen LogP contribution in [0.5, 0.6) is 0 Å². The summed E-state index contributed by atoms with van der Waals surface area (Å²) in [6.45, 7) is 2.97. The maximum Gasteiger partial charge on any atom is 0.314 e. The first-order valence-corrected chi connectivity index (χ1v) is 7.93. The van der Waals surface area contributed by atoms with Crippen LogP contribution in [0.25, 0.3) is 0 Å². The zero-order chi connectivity index (χ0) is 16.3. The molecule has 1 aliphatic rings. The van der Waals surface area contributed by atoms with E-state index in [1.165, 1.54) is 0 Å². The van der Waals surface area contributed by atoms with E-state index in [4.69, 9.17) is 28.9 Å². The molecule has 3 amide bonds. The van der Waals surface area contributed by atoms with Gasteiger partial charge in [0.25, 0.3) is 0 Å². The molecule has 0 radical (unpaired) electrons. The summed E-state index contributed by atoms with van der Waals surface area (Å²) in [5.74, 6) is -0.375. The smallest absolute Gasteiger partial charge is 0.314 e. The van der Waals surface area contributed by atoms with Crippen LogP contribution in [0.1, 0.15) is 31.2 Å². The largest absolute Gasteiger partial charge is 0.353 e. The maximum atomic E-state index is 12.3. The molecule has 3 N–H and O–H groups in total. The second-order valence-corrected chi connectivity index (χ2v) is 6.32. The first-order chi connectivity index (χ1) is 10.4. The van der Waals surface area contributed by atoms with Crippen LogP contribution in [-0.4, -0.2) is 36.0 Å². The van der Waals surface area contributed by atoms with Crippen LogP contribution in [0.3, 0.4) is 0 Å². The van der Waals surface area contributed by atoms with Gasteiger partial charge in [-0.25, -0.2) is 4.79 Å². The number of urea groups is 1. The minimum absolute atomic E-state index is 0.0593. The zero-order valence-electron chi connectivity index (χ0n) is 12.3. The molecule has 120 valence electrons. The molecule has 2 rings (SSSR count). The Labute approximate surface area is 139 Å². The summed E-state index contributed by atoms with van der Waals surface area (Å²) in [5.41, 5.74) is 6.06. The molecule has 5 nitrogen and oxygen atoms in total. The van der Waals surface area contributed by atoms with Crippen LogP contribution in [0.15, 0.2) is 18.2 Å². The Morgan fingerprint density at radius 2 is 1.91 bits per heavy atom. The summed E-state index contributed by atoms with van der Waals surface area (Å²) in [5, 5.41) is 3.92. The number of halogens is 2. The number of primary amides is 1. The van der Waals surface area contributed by atoms with Crippen molar-refractivity contribution in [1.29, 1.82) is 0 Å². The van der Waals surface area contributed by atoms with Crippen molar-refractivity contribution in [3.8, 4) is 0 Å². The zero-order valence-corrected chi connectivity index (χ0v) is 13.8. The van der Waals surface area contributed by atoms with Crippen LogP contribution in [-0.2, 0) is 4.79 Å². The molecule has 0 spiro atoms.